The zero-order valence-corrected chi connectivity index (χ0v) is 19.4. The smallest absolute Gasteiger partial charge is 0.0984 e. The van der Waals surface area contributed by atoms with Crippen LogP contribution in [-0.2, 0) is 18.9 Å². The van der Waals surface area contributed by atoms with Crippen molar-refractivity contribution >= 4 is 11.4 Å². The quantitative estimate of drug-likeness (QED) is 0.436. The Balaban J connectivity index is 1.34. The number of hydrogen-bond acceptors (Lipinski definition) is 6. The molecule has 4 aliphatic rings. The van der Waals surface area contributed by atoms with Gasteiger partial charge in [0.2, 0.25) is 0 Å². The van der Waals surface area contributed by atoms with Gasteiger partial charge in [-0.2, -0.15) is 0 Å². The van der Waals surface area contributed by atoms with Crippen LogP contribution in [-0.4, -0.2) is 77.0 Å². The number of hydrogen-bond donors (Lipinski definition) is 0. The van der Waals surface area contributed by atoms with Crippen LogP contribution in [0.25, 0.3) is 0 Å². The van der Waals surface area contributed by atoms with Gasteiger partial charge in [0.1, 0.15) is 0 Å². The minimum absolute atomic E-state index is 0.308. The maximum atomic E-state index is 5.60. The van der Waals surface area contributed by atoms with Crippen LogP contribution in [0.5, 0.6) is 0 Å². The molecule has 6 nitrogen and oxygen atoms in total. The summed E-state index contributed by atoms with van der Waals surface area (Å²) >= 11 is 0. The summed E-state index contributed by atoms with van der Waals surface area (Å²) in [4.78, 5) is 4.98. The van der Waals surface area contributed by atoms with Gasteiger partial charge < -0.3 is 28.7 Å². The molecule has 4 fully saturated rings. The highest BCUT2D eigenvalue weighted by molar-refractivity contribution is 5.63. The number of nitrogens with zero attached hydrogens (tertiary/aromatic N) is 2. The van der Waals surface area contributed by atoms with Gasteiger partial charge in [-0.05, 0) is 29.7 Å². The fourth-order valence-corrected chi connectivity index (χ4v) is 4.97. The lowest BCUT2D eigenvalue weighted by atomic mass is 9.86. The Kier molecular flexibility index (Phi) is 6.01. The van der Waals surface area contributed by atoms with Crippen LogP contribution in [0.2, 0.25) is 0 Å². The van der Waals surface area contributed by atoms with E-state index in [2.05, 4.69) is 65.3 Å². The van der Waals surface area contributed by atoms with E-state index in [9.17, 15) is 0 Å². The first kappa shape index (κ1) is 21.4. The molecular formula is C27H34N2O4. The van der Waals surface area contributed by atoms with Gasteiger partial charge in [-0.1, -0.05) is 43.3 Å². The van der Waals surface area contributed by atoms with Gasteiger partial charge in [-0.15, -0.1) is 0 Å². The summed E-state index contributed by atoms with van der Waals surface area (Å²) in [5.41, 5.74) is 5.40. The number of ether oxygens (including phenoxy) is 4. The van der Waals surface area contributed by atoms with Gasteiger partial charge >= 0.3 is 0 Å². The maximum absolute atomic E-state index is 5.60. The Hall–Kier alpha value is -2.12. The average molecular weight is 451 g/mol. The van der Waals surface area contributed by atoms with Gasteiger partial charge in [0, 0.05) is 43.5 Å². The highest BCUT2D eigenvalue weighted by Crippen LogP contribution is 2.40. The van der Waals surface area contributed by atoms with E-state index in [1.54, 1.807) is 0 Å². The topological polar surface area (TPSA) is 56.6 Å². The molecule has 33 heavy (non-hydrogen) atoms. The monoisotopic (exact) mass is 450 g/mol. The van der Waals surface area contributed by atoms with Crippen molar-refractivity contribution in [3.05, 3.63) is 59.7 Å². The van der Waals surface area contributed by atoms with Crippen molar-refractivity contribution in [1.82, 2.24) is 0 Å². The second kappa shape index (κ2) is 9.26. The van der Waals surface area contributed by atoms with E-state index < -0.39 is 0 Å². The largest absolute Gasteiger partial charge is 0.371 e. The summed E-state index contributed by atoms with van der Waals surface area (Å²) in [6, 6.07) is 17.9. The molecular weight excluding hydrogens is 416 g/mol. The molecule has 0 aliphatic carbocycles. The van der Waals surface area contributed by atoms with Gasteiger partial charge in [0.25, 0.3) is 0 Å². The molecule has 4 heterocycles. The van der Waals surface area contributed by atoms with E-state index >= 15 is 0 Å². The first-order chi connectivity index (χ1) is 16.3. The van der Waals surface area contributed by atoms with Crippen LogP contribution in [0.15, 0.2) is 48.5 Å². The van der Waals surface area contributed by atoms with Crippen LogP contribution < -0.4 is 9.80 Å². The number of epoxide rings is 4. The molecule has 4 saturated heterocycles. The normalized spacial score (nSPS) is 27.7. The Morgan fingerprint density at radius 3 is 1.27 bits per heavy atom. The number of benzene rings is 2. The standard InChI is InChI=1S/C27H34N2O4/c1-2-23(24-7-3-5-9-26(24)28(11-19-15-30-19)12-20-16-31-20)25-8-4-6-10-27(25)29(13-21-17-32-21)14-22-18-33-22/h3-10,19-23H,2,11-18H2,1H3. The summed E-state index contributed by atoms with van der Waals surface area (Å²) in [6.07, 6.45) is 2.41. The van der Waals surface area contributed by atoms with Crippen molar-refractivity contribution in [2.24, 2.45) is 0 Å². The van der Waals surface area contributed by atoms with Gasteiger partial charge in [-0.3, -0.25) is 0 Å². The molecule has 176 valence electrons. The zero-order valence-electron chi connectivity index (χ0n) is 19.4. The second-order valence-electron chi connectivity index (χ2n) is 9.71. The van der Waals surface area contributed by atoms with Crippen LogP contribution in [0.1, 0.15) is 30.4 Å². The Bertz CT molecular complexity index is 849. The highest BCUT2D eigenvalue weighted by Gasteiger charge is 2.34. The maximum Gasteiger partial charge on any atom is 0.0984 e. The second-order valence-corrected chi connectivity index (χ2v) is 9.71. The average Bonchev–Trinajstić information content (AvgIpc) is 3.66. The van der Waals surface area contributed by atoms with Crippen molar-refractivity contribution < 1.29 is 18.9 Å². The van der Waals surface area contributed by atoms with E-state index in [4.69, 9.17) is 18.9 Å². The van der Waals surface area contributed by atoms with Crippen molar-refractivity contribution in [2.75, 3.05) is 62.4 Å². The van der Waals surface area contributed by atoms with Crippen LogP contribution in [0.3, 0.4) is 0 Å². The number of anilines is 2. The molecule has 6 heteroatoms. The summed E-state index contributed by atoms with van der Waals surface area (Å²) in [6.45, 7) is 9.49. The molecule has 4 unspecified atom stereocenters. The number of rotatable bonds is 13. The SMILES string of the molecule is CCC(c1ccccc1N(CC1CO1)CC1CO1)c1ccccc1N(CC1CO1)CC1CO1. The Labute approximate surface area is 196 Å². The predicted molar refractivity (Wildman–Crippen MR) is 128 cm³/mol. The third-order valence-electron chi connectivity index (χ3n) is 7.02. The summed E-state index contributed by atoms with van der Waals surface area (Å²) in [7, 11) is 0. The highest BCUT2D eigenvalue weighted by atomic mass is 16.6. The minimum Gasteiger partial charge on any atom is -0.371 e. The predicted octanol–water partition coefficient (Wildman–Crippen LogP) is 3.44. The lowest BCUT2D eigenvalue weighted by Gasteiger charge is -2.32. The van der Waals surface area contributed by atoms with Crippen molar-refractivity contribution in [2.45, 2.75) is 43.7 Å². The molecule has 4 atom stereocenters. The first-order valence-electron chi connectivity index (χ1n) is 12.4. The molecule has 0 aromatic heterocycles. The fourth-order valence-electron chi connectivity index (χ4n) is 4.97. The van der Waals surface area contributed by atoms with Gasteiger partial charge in [0.05, 0.1) is 50.8 Å². The van der Waals surface area contributed by atoms with E-state index in [1.807, 2.05) is 0 Å². The van der Waals surface area contributed by atoms with Crippen LogP contribution in [0, 0.1) is 0 Å². The zero-order chi connectivity index (χ0) is 22.2. The third kappa shape index (κ3) is 5.35. The summed E-state index contributed by atoms with van der Waals surface area (Å²) in [5.74, 6) is 0.308. The third-order valence-corrected chi connectivity index (χ3v) is 7.02. The van der Waals surface area contributed by atoms with Crippen LogP contribution >= 0.6 is 0 Å². The van der Waals surface area contributed by atoms with Crippen molar-refractivity contribution in [3.63, 3.8) is 0 Å². The van der Waals surface area contributed by atoms with E-state index in [0.717, 1.165) is 59.0 Å². The summed E-state index contributed by atoms with van der Waals surface area (Å²) in [5, 5.41) is 0. The molecule has 4 aliphatic heterocycles. The molecule has 0 saturated carbocycles. The summed E-state index contributed by atoms with van der Waals surface area (Å²) < 4.78 is 22.4. The lowest BCUT2D eigenvalue weighted by Crippen LogP contribution is -2.33. The fraction of sp³-hybridized carbons (Fsp3) is 0.556. The van der Waals surface area contributed by atoms with E-state index in [1.165, 1.54) is 22.5 Å². The van der Waals surface area contributed by atoms with Crippen LogP contribution in [0.4, 0.5) is 11.4 Å². The first-order valence-corrected chi connectivity index (χ1v) is 12.4. The van der Waals surface area contributed by atoms with Crippen molar-refractivity contribution in [3.8, 4) is 0 Å². The molecule has 0 bridgehead atoms. The number of para-hydroxylation sites is 2. The molecule has 0 radical (unpaired) electrons. The van der Waals surface area contributed by atoms with Crippen molar-refractivity contribution in [1.29, 1.82) is 0 Å². The van der Waals surface area contributed by atoms with E-state index in [0.29, 0.717) is 30.3 Å². The van der Waals surface area contributed by atoms with E-state index in [-0.39, 0.29) is 0 Å². The minimum atomic E-state index is 0.308. The van der Waals surface area contributed by atoms with Gasteiger partial charge in [-0.25, -0.2) is 0 Å². The Morgan fingerprint density at radius 2 is 0.970 bits per heavy atom. The molecule has 6 rings (SSSR count). The lowest BCUT2D eigenvalue weighted by molar-refractivity contribution is 0.388. The molecule has 2 aromatic rings. The molecule has 2 aromatic carbocycles. The Morgan fingerprint density at radius 1 is 0.636 bits per heavy atom. The molecule has 0 N–H and O–H groups in total. The molecule has 0 spiro atoms. The van der Waals surface area contributed by atoms with Gasteiger partial charge in [0.15, 0.2) is 0 Å². The molecule has 0 amide bonds.